The lowest BCUT2D eigenvalue weighted by Crippen LogP contribution is -2.32. The number of hydrogen-bond donors (Lipinski definition) is 2. The Kier molecular flexibility index (Phi) is 3.10. The lowest BCUT2D eigenvalue weighted by atomic mass is 10.2. The van der Waals surface area contributed by atoms with Gasteiger partial charge in [0.05, 0.1) is 0 Å². The zero-order valence-corrected chi connectivity index (χ0v) is 8.53. The SMILES string of the molecule is Cn1cnc(CCNC2CCNC2)n1. The molecule has 2 heterocycles. The predicted octanol–water partition coefficient (Wildman–Crippen LogP) is -0.691. The van der Waals surface area contributed by atoms with E-state index in [1.807, 2.05) is 7.05 Å². The van der Waals surface area contributed by atoms with Crippen LogP contribution in [-0.4, -0.2) is 40.4 Å². The van der Waals surface area contributed by atoms with Crippen molar-refractivity contribution >= 4 is 0 Å². The van der Waals surface area contributed by atoms with Crippen molar-refractivity contribution in [1.82, 2.24) is 25.4 Å². The van der Waals surface area contributed by atoms with Crippen LogP contribution in [0.1, 0.15) is 12.2 Å². The van der Waals surface area contributed by atoms with E-state index in [9.17, 15) is 0 Å². The number of rotatable bonds is 4. The third-order valence-corrected chi connectivity index (χ3v) is 2.49. The Hall–Kier alpha value is -0.940. The summed E-state index contributed by atoms with van der Waals surface area (Å²) in [6.07, 6.45) is 3.89. The Bertz CT molecular complexity index is 276. The summed E-state index contributed by atoms with van der Waals surface area (Å²) in [6.45, 7) is 3.20. The Labute approximate surface area is 83.9 Å². The highest BCUT2D eigenvalue weighted by Gasteiger charge is 2.12. The maximum absolute atomic E-state index is 4.22. The summed E-state index contributed by atoms with van der Waals surface area (Å²) in [5.41, 5.74) is 0. The van der Waals surface area contributed by atoms with Crippen molar-refractivity contribution in [3.8, 4) is 0 Å². The molecular weight excluding hydrogens is 178 g/mol. The molecule has 0 aromatic carbocycles. The van der Waals surface area contributed by atoms with Crippen LogP contribution in [-0.2, 0) is 13.5 Å². The van der Waals surface area contributed by atoms with Gasteiger partial charge in [-0.05, 0) is 13.0 Å². The van der Waals surface area contributed by atoms with Crippen LogP contribution in [0, 0.1) is 0 Å². The van der Waals surface area contributed by atoms with E-state index in [0.717, 1.165) is 31.9 Å². The van der Waals surface area contributed by atoms with E-state index in [1.165, 1.54) is 6.42 Å². The molecule has 1 fully saturated rings. The van der Waals surface area contributed by atoms with Gasteiger partial charge in [0.15, 0.2) is 5.82 Å². The normalized spacial score (nSPS) is 21.6. The first-order chi connectivity index (χ1) is 6.84. The van der Waals surface area contributed by atoms with Gasteiger partial charge >= 0.3 is 0 Å². The van der Waals surface area contributed by atoms with Gasteiger partial charge < -0.3 is 10.6 Å². The predicted molar refractivity (Wildman–Crippen MR) is 54.0 cm³/mol. The minimum atomic E-state index is 0.638. The molecule has 2 rings (SSSR count). The van der Waals surface area contributed by atoms with Crippen LogP contribution in [0.5, 0.6) is 0 Å². The lowest BCUT2D eigenvalue weighted by Gasteiger charge is -2.09. The van der Waals surface area contributed by atoms with E-state index >= 15 is 0 Å². The fourth-order valence-corrected chi connectivity index (χ4v) is 1.72. The van der Waals surface area contributed by atoms with Crippen molar-refractivity contribution in [2.24, 2.45) is 7.05 Å². The van der Waals surface area contributed by atoms with Gasteiger partial charge in [0.2, 0.25) is 0 Å². The average molecular weight is 195 g/mol. The molecule has 2 N–H and O–H groups in total. The topological polar surface area (TPSA) is 54.8 Å². The first-order valence-electron chi connectivity index (χ1n) is 5.13. The molecule has 0 radical (unpaired) electrons. The maximum atomic E-state index is 4.22. The first kappa shape index (κ1) is 9.61. The summed E-state index contributed by atoms with van der Waals surface area (Å²) in [5.74, 6) is 0.922. The minimum Gasteiger partial charge on any atom is -0.315 e. The third-order valence-electron chi connectivity index (χ3n) is 2.49. The van der Waals surface area contributed by atoms with Crippen LogP contribution in [0.4, 0.5) is 0 Å². The van der Waals surface area contributed by atoms with Gasteiger partial charge in [-0.25, -0.2) is 4.98 Å². The highest BCUT2D eigenvalue weighted by Crippen LogP contribution is 1.97. The summed E-state index contributed by atoms with van der Waals surface area (Å²) in [6, 6.07) is 0.638. The van der Waals surface area contributed by atoms with E-state index in [1.54, 1.807) is 11.0 Å². The van der Waals surface area contributed by atoms with Gasteiger partial charge in [-0.3, -0.25) is 4.68 Å². The highest BCUT2D eigenvalue weighted by molar-refractivity contribution is 4.84. The molecule has 1 aromatic heterocycles. The highest BCUT2D eigenvalue weighted by atomic mass is 15.3. The molecular formula is C9H17N5. The fraction of sp³-hybridized carbons (Fsp3) is 0.778. The number of aryl methyl sites for hydroxylation is 1. The number of aromatic nitrogens is 3. The monoisotopic (exact) mass is 195 g/mol. The second-order valence-corrected chi connectivity index (χ2v) is 3.73. The van der Waals surface area contributed by atoms with Crippen LogP contribution in [0.3, 0.4) is 0 Å². The van der Waals surface area contributed by atoms with E-state index in [-0.39, 0.29) is 0 Å². The zero-order valence-electron chi connectivity index (χ0n) is 8.53. The molecule has 0 saturated carbocycles. The van der Waals surface area contributed by atoms with Crippen molar-refractivity contribution in [2.45, 2.75) is 18.9 Å². The van der Waals surface area contributed by atoms with Crippen molar-refractivity contribution < 1.29 is 0 Å². The van der Waals surface area contributed by atoms with Crippen molar-refractivity contribution in [3.63, 3.8) is 0 Å². The molecule has 5 nitrogen and oxygen atoms in total. The first-order valence-corrected chi connectivity index (χ1v) is 5.13. The molecule has 1 atom stereocenters. The summed E-state index contributed by atoms with van der Waals surface area (Å²) >= 11 is 0. The number of nitrogens with zero attached hydrogens (tertiary/aromatic N) is 3. The molecule has 1 aliphatic rings. The van der Waals surface area contributed by atoms with Gasteiger partial charge in [-0.15, -0.1) is 0 Å². The van der Waals surface area contributed by atoms with Crippen LogP contribution in [0.15, 0.2) is 6.33 Å². The zero-order chi connectivity index (χ0) is 9.80. The standard InChI is InChI=1S/C9H17N5/c1-14-7-12-9(13-14)3-5-11-8-2-4-10-6-8/h7-8,10-11H,2-6H2,1H3. The average Bonchev–Trinajstić information content (AvgIpc) is 2.77. The van der Waals surface area contributed by atoms with Crippen molar-refractivity contribution in [1.29, 1.82) is 0 Å². The smallest absolute Gasteiger partial charge is 0.151 e. The summed E-state index contributed by atoms with van der Waals surface area (Å²) in [5, 5.41) is 11.0. The van der Waals surface area contributed by atoms with Gasteiger partial charge in [-0.2, -0.15) is 5.10 Å². The summed E-state index contributed by atoms with van der Waals surface area (Å²) in [4.78, 5) is 4.18. The maximum Gasteiger partial charge on any atom is 0.151 e. The Balaban J connectivity index is 1.67. The second kappa shape index (κ2) is 4.52. The fourth-order valence-electron chi connectivity index (χ4n) is 1.72. The Morgan fingerprint density at radius 1 is 1.71 bits per heavy atom. The lowest BCUT2D eigenvalue weighted by molar-refractivity contribution is 0.544. The van der Waals surface area contributed by atoms with Crippen molar-refractivity contribution in [2.75, 3.05) is 19.6 Å². The molecule has 1 saturated heterocycles. The molecule has 1 aromatic rings. The summed E-state index contributed by atoms with van der Waals surface area (Å²) < 4.78 is 1.74. The van der Waals surface area contributed by atoms with E-state index in [2.05, 4.69) is 20.7 Å². The molecule has 0 amide bonds. The molecule has 0 aliphatic carbocycles. The quantitative estimate of drug-likeness (QED) is 0.667. The van der Waals surface area contributed by atoms with Crippen molar-refractivity contribution in [3.05, 3.63) is 12.2 Å². The second-order valence-electron chi connectivity index (χ2n) is 3.73. The van der Waals surface area contributed by atoms with E-state index in [4.69, 9.17) is 0 Å². The van der Waals surface area contributed by atoms with Gasteiger partial charge in [0.25, 0.3) is 0 Å². The van der Waals surface area contributed by atoms with Crippen LogP contribution < -0.4 is 10.6 Å². The van der Waals surface area contributed by atoms with E-state index < -0.39 is 0 Å². The number of hydrogen-bond acceptors (Lipinski definition) is 4. The minimum absolute atomic E-state index is 0.638. The third kappa shape index (κ3) is 2.52. The molecule has 0 spiro atoms. The molecule has 1 unspecified atom stereocenters. The molecule has 14 heavy (non-hydrogen) atoms. The molecule has 5 heteroatoms. The summed E-state index contributed by atoms with van der Waals surface area (Å²) in [7, 11) is 1.89. The van der Waals surface area contributed by atoms with Crippen LogP contribution >= 0.6 is 0 Å². The van der Waals surface area contributed by atoms with Crippen LogP contribution in [0.2, 0.25) is 0 Å². The Morgan fingerprint density at radius 2 is 2.64 bits per heavy atom. The molecule has 0 bridgehead atoms. The van der Waals surface area contributed by atoms with Crippen LogP contribution in [0.25, 0.3) is 0 Å². The van der Waals surface area contributed by atoms with Gasteiger partial charge in [0, 0.05) is 32.6 Å². The van der Waals surface area contributed by atoms with E-state index in [0.29, 0.717) is 6.04 Å². The molecule has 1 aliphatic heterocycles. The van der Waals surface area contributed by atoms with Gasteiger partial charge in [-0.1, -0.05) is 0 Å². The molecule has 78 valence electrons. The largest absolute Gasteiger partial charge is 0.315 e. The van der Waals surface area contributed by atoms with Gasteiger partial charge in [0.1, 0.15) is 6.33 Å². The Morgan fingerprint density at radius 3 is 3.29 bits per heavy atom. The number of nitrogens with one attached hydrogen (secondary N) is 2.